The van der Waals surface area contributed by atoms with E-state index >= 15 is 0 Å². The molecule has 0 radical (unpaired) electrons. The fraction of sp³-hybridized carbons (Fsp3) is 0.400. The van der Waals surface area contributed by atoms with Crippen molar-refractivity contribution in [2.45, 2.75) is 6.42 Å². The molecule has 7 nitrogen and oxygen atoms in total. The second-order valence-corrected chi connectivity index (χ2v) is 3.79. The molecule has 1 aromatic heterocycles. The molecule has 0 unspecified atom stereocenters. The fourth-order valence-corrected chi connectivity index (χ4v) is 1.35. The number of nitro groups is 1. The van der Waals surface area contributed by atoms with Crippen LogP contribution in [0.25, 0.3) is 0 Å². The largest absolute Gasteiger partial charge is 0.385 e. The summed E-state index contributed by atoms with van der Waals surface area (Å²) in [5, 5.41) is 16.7. The topological polar surface area (TPSA) is 89.3 Å². The van der Waals surface area contributed by atoms with Gasteiger partial charge in [-0.05, 0) is 24.7 Å². The zero-order chi connectivity index (χ0) is 13.4. The molecule has 0 aliphatic carbocycles. The van der Waals surface area contributed by atoms with Crippen molar-refractivity contribution in [1.29, 1.82) is 0 Å². The summed E-state index contributed by atoms with van der Waals surface area (Å²) in [7, 11) is 1.64. The molecule has 18 heavy (non-hydrogen) atoms. The van der Waals surface area contributed by atoms with Crippen LogP contribution >= 0.6 is 12.2 Å². The van der Waals surface area contributed by atoms with E-state index in [9.17, 15) is 10.1 Å². The van der Waals surface area contributed by atoms with Crippen LogP contribution in [0.4, 0.5) is 11.5 Å². The van der Waals surface area contributed by atoms with Crippen LogP contribution in [0.15, 0.2) is 18.3 Å². The first kappa shape index (κ1) is 14.3. The predicted octanol–water partition coefficient (Wildman–Crippen LogP) is 1.31. The molecule has 8 heteroatoms. The van der Waals surface area contributed by atoms with Crippen molar-refractivity contribution >= 4 is 28.8 Å². The maximum atomic E-state index is 10.4. The highest BCUT2D eigenvalue weighted by Gasteiger charge is 2.05. The Balaban J connectivity index is 2.37. The first-order valence-electron chi connectivity index (χ1n) is 5.27. The third kappa shape index (κ3) is 5.02. The van der Waals surface area contributed by atoms with E-state index < -0.39 is 4.92 Å². The molecule has 1 aromatic rings. The smallest absolute Gasteiger partial charge is 0.287 e. The van der Waals surface area contributed by atoms with Gasteiger partial charge in [-0.2, -0.15) is 0 Å². The molecule has 0 amide bonds. The first-order valence-corrected chi connectivity index (χ1v) is 5.68. The van der Waals surface area contributed by atoms with Crippen LogP contribution in [0.1, 0.15) is 6.42 Å². The highest BCUT2D eigenvalue weighted by Crippen LogP contribution is 2.11. The Morgan fingerprint density at radius 3 is 2.94 bits per heavy atom. The average Bonchev–Trinajstić information content (AvgIpc) is 2.35. The molecule has 0 bridgehead atoms. The number of hydrogen-bond donors (Lipinski definition) is 2. The molecule has 0 atom stereocenters. The van der Waals surface area contributed by atoms with Crippen LogP contribution in [-0.4, -0.2) is 35.3 Å². The van der Waals surface area contributed by atoms with Crippen molar-refractivity contribution in [1.82, 2.24) is 10.3 Å². The highest BCUT2D eigenvalue weighted by atomic mass is 32.1. The molecule has 2 N–H and O–H groups in total. The quantitative estimate of drug-likeness (QED) is 0.348. The molecular formula is C10H14N4O3S. The molecule has 0 spiro atoms. The van der Waals surface area contributed by atoms with Crippen molar-refractivity contribution in [3.8, 4) is 0 Å². The summed E-state index contributed by atoms with van der Waals surface area (Å²) in [6.07, 6.45) is 2.02. The highest BCUT2D eigenvalue weighted by molar-refractivity contribution is 7.80. The molecule has 0 saturated heterocycles. The number of methoxy groups -OCH3 is 1. The van der Waals surface area contributed by atoms with Gasteiger partial charge in [-0.1, -0.05) is 0 Å². The third-order valence-electron chi connectivity index (χ3n) is 2.01. The summed E-state index contributed by atoms with van der Waals surface area (Å²) in [6, 6.07) is 2.87. The lowest BCUT2D eigenvalue weighted by Gasteiger charge is -2.09. The van der Waals surface area contributed by atoms with E-state index in [2.05, 4.69) is 15.6 Å². The van der Waals surface area contributed by atoms with Crippen LogP contribution in [0.5, 0.6) is 0 Å². The average molecular weight is 270 g/mol. The number of hydrogen-bond acceptors (Lipinski definition) is 5. The monoisotopic (exact) mass is 270 g/mol. The Bertz CT molecular complexity index is 410. The number of rotatable bonds is 6. The lowest BCUT2D eigenvalue weighted by atomic mass is 10.4. The van der Waals surface area contributed by atoms with Gasteiger partial charge in [0.25, 0.3) is 5.69 Å². The number of nitrogens with one attached hydrogen (secondary N) is 2. The van der Waals surface area contributed by atoms with E-state index in [-0.39, 0.29) is 5.69 Å². The van der Waals surface area contributed by atoms with Crippen LogP contribution in [0.2, 0.25) is 0 Å². The first-order chi connectivity index (χ1) is 8.63. The molecule has 0 saturated carbocycles. The van der Waals surface area contributed by atoms with E-state index in [1.807, 2.05) is 0 Å². The SMILES string of the molecule is COCCCNC(=S)Nc1ccc([N+](=O)[O-])cn1. The van der Waals surface area contributed by atoms with Crippen molar-refractivity contribution in [2.24, 2.45) is 0 Å². The number of pyridine rings is 1. The van der Waals surface area contributed by atoms with Gasteiger partial charge in [0.1, 0.15) is 12.0 Å². The lowest BCUT2D eigenvalue weighted by Crippen LogP contribution is -2.30. The Kier molecular flexibility index (Phi) is 5.95. The molecule has 0 aromatic carbocycles. The summed E-state index contributed by atoms with van der Waals surface area (Å²) in [4.78, 5) is 13.8. The van der Waals surface area contributed by atoms with Crippen LogP contribution in [0, 0.1) is 10.1 Å². The fourth-order valence-electron chi connectivity index (χ4n) is 1.15. The summed E-state index contributed by atoms with van der Waals surface area (Å²) in [5.41, 5.74) is -0.0560. The summed E-state index contributed by atoms with van der Waals surface area (Å²) >= 11 is 5.03. The Morgan fingerprint density at radius 2 is 2.39 bits per heavy atom. The molecule has 98 valence electrons. The van der Waals surface area contributed by atoms with Crippen molar-refractivity contribution < 1.29 is 9.66 Å². The number of nitrogens with zero attached hydrogens (tertiary/aromatic N) is 2. The molecule has 1 rings (SSSR count). The van der Waals surface area contributed by atoms with Gasteiger partial charge in [0, 0.05) is 26.3 Å². The zero-order valence-corrected chi connectivity index (χ0v) is 10.7. The second kappa shape index (κ2) is 7.51. The summed E-state index contributed by atoms with van der Waals surface area (Å²) < 4.78 is 4.90. The second-order valence-electron chi connectivity index (χ2n) is 3.39. The van der Waals surface area contributed by atoms with Gasteiger partial charge < -0.3 is 15.4 Å². The van der Waals surface area contributed by atoms with Crippen LogP contribution in [-0.2, 0) is 4.74 Å². The summed E-state index contributed by atoms with van der Waals surface area (Å²) in [5.74, 6) is 0.463. The molecule has 1 heterocycles. The number of aromatic nitrogens is 1. The number of anilines is 1. The zero-order valence-electron chi connectivity index (χ0n) is 9.88. The van der Waals surface area contributed by atoms with Gasteiger partial charge in [0.05, 0.1) is 4.92 Å². The summed E-state index contributed by atoms with van der Waals surface area (Å²) in [6.45, 7) is 1.35. The van der Waals surface area contributed by atoms with E-state index in [0.29, 0.717) is 24.1 Å². The van der Waals surface area contributed by atoms with Crippen molar-refractivity contribution in [3.05, 3.63) is 28.4 Å². The van der Waals surface area contributed by atoms with E-state index in [0.717, 1.165) is 6.42 Å². The van der Waals surface area contributed by atoms with Crippen LogP contribution in [0.3, 0.4) is 0 Å². The molecule has 0 fully saturated rings. The minimum absolute atomic E-state index is 0.0560. The number of thiocarbonyl (C=S) groups is 1. The van der Waals surface area contributed by atoms with Gasteiger partial charge in [-0.15, -0.1) is 0 Å². The van der Waals surface area contributed by atoms with E-state index in [4.69, 9.17) is 17.0 Å². The standard InChI is InChI=1S/C10H14N4O3S/c1-17-6-2-5-11-10(18)13-9-4-3-8(7-12-9)14(15)16/h3-4,7H,2,5-6H2,1H3,(H2,11,12,13,18). The molecule has 0 aliphatic heterocycles. The third-order valence-corrected chi connectivity index (χ3v) is 2.26. The van der Waals surface area contributed by atoms with Gasteiger partial charge in [-0.3, -0.25) is 10.1 Å². The maximum Gasteiger partial charge on any atom is 0.287 e. The molecular weight excluding hydrogens is 256 g/mol. The van der Waals surface area contributed by atoms with Gasteiger partial charge in [-0.25, -0.2) is 4.98 Å². The normalized spacial score (nSPS) is 9.83. The van der Waals surface area contributed by atoms with E-state index in [1.165, 1.54) is 18.3 Å². The Morgan fingerprint density at radius 1 is 1.61 bits per heavy atom. The van der Waals surface area contributed by atoms with Gasteiger partial charge in [0.2, 0.25) is 0 Å². The Hall–Kier alpha value is -1.80. The number of ether oxygens (including phenoxy) is 1. The Labute approximate surface area is 110 Å². The van der Waals surface area contributed by atoms with Crippen molar-refractivity contribution in [3.63, 3.8) is 0 Å². The lowest BCUT2D eigenvalue weighted by molar-refractivity contribution is -0.385. The van der Waals surface area contributed by atoms with Crippen molar-refractivity contribution in [2.75, 3.05) is 25.6 Å². The van der Waals surface area contributed by atoms with Crippen LogP contribution < -0.4 is 10.6 Å². The molecule has 0 aliphatic rings. The minimum atomic E-state index is -0.502. The van der Waals surface area contributed by atoms with E-state index in [1.54, 1.807) is 7.11 Å². The van der Waals surface area contributed by atoms with Gasteiger partial charge in [0.15, 0.2) is 5.11 Å². The maximum absolute atomic E-state index is 10.4. The minimum Gasteiger partial charge on any atom is -0.385 e. The predicted molar refractivity (Wildman–Crippen MR) is 71.6 cm³/mol. The van der Waals surface area contributed by atoms with Gasteiger partial charge >= 0.3 is 0 Å².